The lowest BCUT2D eigenvalue weighted by Crippen LogP contribution is -2.11. The summed E-state index contributed by atoms with van der Waals surface area (Å²) in [6.07, 6.45) is 0. The molecule has 70 heavy (non-hydrogen) atoms. The second-order valence-corrected chi connectivity index (χ2v) is 18.0. The normalized spacial score (nSPS) is 11.4. The van der Waals surface area contributed by atoms with Crippen LogP contribution in [0.25, 0.3) is 105 Å². The van der Waals surface area contributed by atoms with Crippen molar-refractivity contribution in [1.82, 2.24) is 4.57 Å². The molecule has 0 bridgehead atoms. The Bertz CT molecular complexity index is 3830. The van der Waals surface area contributed by atoms with Crippen molar-refractivity contribution >= 4 is 60.4 Å². The summed E-state index contributed by atoms with van der Waals surface area (Å²) in [6.45, 7) is 0. The van der Waals surface area contributed by atoms with E-state index in [4.69, 9.17) is 0 Å². The van der Waals surface area contributed by atoms with Crippen LogP contribution in [0.2, 0.25) is 0 Å². The van der Waals surface area contributed by atoms with Crippen LogP contribution in [0.15, 0.2) is 279 Å². The summed E-state index contributed by atoms with van der Waals surface area (Å²) in [6, 6.07) is 102. The van der Waals surface area contributed by atoms with Gasteiger partial charge in [0.2, 0.25) is 0 Å². The minimum absolute atomic E-state index is 1.08. The number of para-hydroxylation sites is 1. The molecule has 0 unspecified atom stereocenters. The van der Waals surface area contributed by atoms with Gasteiger partial charge in [0.15, 0.2) is 0 Å². The Morgan fingerprint density at radius 2 is 0.600 bits per heavy atom. The number of nitrogens with zero attached hydrogens (tertiary/aromatic N) is 2. The highest BCUT2D eigenvalue weighted by molar-refractivity contribution is 6.22. The van der Waals surface area contributed by atoms with Crippen LogP contribution in [-0.4, -0.2) is 4.57 Å². The van der Waals surface area contributed by atoms with Gasteiger partial charge < -0.3 is 9.47 Å². The van der Waals surface area contributed by atoms with Crippen molar-refractivity contribution in [3.63, 3.8) is 0 Å². The van der Waals surface area contributed by atoms with E-state index in [0.717, 1.165) is 33.8 Å². The van der Waals surface area contributed by atoms with E-state index >= 15 is 0 Å². The summed E-state index contributed by atoms with van der Waals surface area (Å²) in [4.78, 5) is 2.45. The highest BCUT2D eigenvalue weighted by Crippen LogP contribution is 2.49. The minimum Gasteiger partial charge on any atom is -0.309 e. The first-order valence-corrected chi connectivity index (χ1v) is 24.1. The molecule has 13 aromatic rings. The molecule has 13 rings (SSSR count). The molecule has 1 heterocycles. The number of fused-ring (bicyclic) bond motifs is 5. The number of anilines is 3. The molecule has 2 heteroatoms. The maximum absolute atomic E-state index is 2.45. The van der Waals surface area contributed by atoms with Gasteiger partial charge in [-0.25, -0.2) is 0 Å². The van der Waals surface area contributed by atoms with Crippen LogP contribution in [0, 0.1) is 0 Å². The van der Waals surface area contributed by atoms with Crippen molar-refractivity contribution in [2.24, 2.45) is 0 Å². The zero-order valence-corrected chi connectivity index (χ0v) is 38.5. The smallest absolute Gasteiger partial charge is 0.0618 e. The number of hydrogen-bond donors (Lipinski definition) is 0. The lowest BCUT2D eigenvalue weighted by Gasteiger charge is -2.29. The van der Waals surface area contributed by atoms with E-state index < -0.39 is 0 Å². The van der Waals surface area contributed by atoms with Gasteiger partial charge in [0, 0.05) is 38.6 Å². The zero-order valence-electron chi connectivity index (χ0n) is 38.5. The van der Waals surface area contributed by atoms with Gasteiger partial charge in [-0.15, -0.1) is 0 Å². The Kier molecular flexibility index (Phi) is 10.2. The minimum atomic E-state index is 1.08. The maximum Gasteiger partial charge on any atom is 0.0618 e. The van der Waals surface area contributed by atoms with Gasteiger partial charge in [0.25, 0.3) is 0 Å². The van der Waals surface area contributed by atoms with Crippen LogP contribution < -0.4 is 4.90 Å². The summed E-state index contributed by atoms with van der Waals surface area (Å²) >= 11 is 0. The standard InChI is InChI=1S/C68H46N2/c1-5-21-47(22-6-1)55-29-13-15-31-57(55)50-37-43-65-63(45-50)64-46-51(58-32-16-14-30-56(58)48-23-7-2-8-24-48)38-44-66(64)70(65)54-41-39-53(40-42-54)69(52-27-11-4-12-28-52)68-61-35-19-17-33-59(61)67(49-25-9-3-10-26-49)60-34-18-20-36-62(60)68/h1-46H. The predicted octanol–water partition coefficient (Wildman–Crippen LogP) is 18.9. The SMILES string of the molecule is c1ccc(-c2ccccc2-c2ccc3c(c2)c2cc(-c4ccccc4-c4ccccc4)ccc2n3-c2ccc(N(c3ccccc3)c3c4ccccc4c(-c4ccccc4)c4ccccc34)cc2)cc1. The predicted molar refractivity (Wildman–Crippen MR) is 298 cm³/mol. The monoisotopic (exact) mass is 890 g/mol. The van der Waals surface area contributed by atoms with E-state index in [1.807, 2.05) is 0 Å². The third kappa shape index (κ3) is 7.05. The Morgan fingerprint density at radius 1 is 0.243 bits per heavy atom. The molecule has 328 valence electrons. The summed E-state index contributed by atoms with van der Waals surface area (Å²) in [5, 5.41) is 7.26. The fourth-order valence-electron chi connectivity index (χ4n) is 10.8. The molecule has 0 N–H and O–H groups in total. The third-order valence-electron chi connectivity index (χ3n) is 14.0. The number of benzene rings is 12. The van der Waals surface area contributed by atoms with Crippen LogP contribution in [0.3, 0.4) is 0 Å². The first-order valence-electron chi connectivity index (χ1n) is 24.1. The topological polar surface area (TPSA) is 8.17 Å². The van der Waals surface area contributed by atoms with Gasteiger partial charge in [-0.1, -0.05) is 218 Å². The zero-order chi connectivity index (χ0) is 46.4. The van der Waals surface area contributed by atoms with Crippen LogP contribution in [0.1, 0.15) is 0 Å². The van der Waals surface area contributed by atoms with Gasteiger partial charge in [0.1, 0.15) is 0 Å². The Balaban J connectivity index is 1.01. The number of rotatable bonds is 9. The summed E-state index contributed by atoms with van der Waals surface area (Å²) < 4.78 is 2.44. The van der Waals surface area contributed by atoms with Crippen molar-refractivity contribution in [1.29, 1.82) is 0 Å². The maximum atomic E-state index is 2.45. The van der Waals surface area contributed by atoms with Crippen LogP contribution in [-0.2, 0) is 0 Å². The van der Waals surface area contributed by atoms with E-state index in [0.29, 0.717) is 0 Å². The second kappa shape index (κ2) is 17.4. The van der Waals surface area contributed by atoms with Gasteiger partial charge in [-0.05, 0) is 127 Å². The van der Waals surface area contributed by atoms with Crippen LogP contribution in [0.4, 0.5) is 17.1 Å². The molecule has 2 nitrogen and oxygen atoms in total. The molecule has 1 aromatic heterocycles. The quantitative estimate of drug-likeness (QED) is 0.131. The molecule has 0 aliphatic rings. The molecule has 0 atom stereocenters. The first-order chi connectivity index (χ1) is 34.8. The molecule has 0 spiro atoms. The summed E-state index contributed by atoms with van der Waals surface area (Å²) in [5.41, 5.74) is 18.9. The molecular weight excluding hydrogens is 845 g/mol. The first kappa shape index (κ1) is 41.0. The average Bonchev–Trinajstić information content (AvgIpc) is 3.77. The van der Waals surface area contributed by atoms with E-state index in [1.54, 1.807) is 0 Å². The van der Waals surface area contributed by atoms with Crippen molar-refractivity contribution in [3.8, 4) is 61.3 Å². The molecule has 0 fully saturated rings. The van der Waals surface area contributed by atoms with Crippen LogP contribution in [0.5, 0.6) is 0 Å². The second-order valence-electron chi connectivity index (χ2n) is 18.0. The Labute approximate surface area is 408 Å². The summed E-state index contributed by atoms with van der Waals surface area (Å²) in [5.74, 6) is 0. The van der Waals surface area contributed by atoms with Crippen molar-refractivity contribution < 1.29 is 0 Å². The largest absolute Gasteiger partial charge is 0.309 e. The Morgan fingerprint density at radius 3 is 1.06 bits per heavy atom. The molecule has 0 aliphatic carbocycles. The molecule has 0 saturated carbocycles. The lowest BCUT2D eigenvalue weighted by atomic mass is 9.90. The van der Waals surface area contributed by atoms with E-state index in [-0.39, 0.29) is 0 Å². The molecule has 12 aromatic carbocycles. The number of hydrogen-bond acceptors (Lipinski definition) is 1. The van der Waals surface area contributed by atoms with Gasteiger partial charge in [-0.3, -0.25) is 0 Å². The summed E-state index contributed by atoms with van der Waals surface area (Å²) in [7, 11) is 0. The highest BCUT2D eigenvalue weighted by Gasteiger charge is 2.23. The average molecular weight is 891 g/mol. The molecule has 0 saturated heterocycles. The fraction of sp³-hybridized carbons (Fsp3) is 0. The molecular formula is C68H46N2. The van der Waals surface area contributed by atoms with E-state index in [2.05, 4.69) is 289 Å². The van der Waals surface area contributed by atoms with E-state index in [1.165, 1.54) is 88.0 Å². The fourth-order valence-corrected chi connectivity index (χ4v) is 10.8. The molecule has 0 radical (unpaired) electrons. The van der Waals surface area contributed by atoms with Crippen LogP contribution >= 0.6 is 0 Å². The Hall–Kier alpha value is -9.24. The van der Waals surface area contributed by atoms with E-state index in [9.17, 15) is 0 Å². The van der Waals surface area contributed by atoms with Crippen molar-refractivity contribution in [2.75, 3.05) is 4.90 Å². The van der Waals surface area contributed by atoms with Gasteiger partial charge in [-0.2, -0.15) is 0 Å². The highest BCUT2D eigenvalue weighted by atomic mass is 15.1. The van der Waals surface area contributed by atoms with Crippen molar-refractivity contribution in [2.45, 2.75) is 0 Å². The van der Waals surface area contributed by atoms with Gasteiger partial charge in [0.05, 0.1) is 16.7 Å². The lowest BCUT2D eigenvalue weighted by molar-refractivity contribution is 1.17. The number of aromatic nitrogens is 1. The van der Waals surface area contributed by atoms with Gasteiger partial charge >= 0.3 is 0 Å². The molecule has 0 aliphatic heterocycles. The van der Waals surface area contributed by atoms with Crippen molar-refractivity contribution in [3.05, 3.63) is 279 Å². The third-order valence-corrected chi connectivity index (χ3v) is 14.0. The molecule has 0 amide bonds.